The third kappa shape index (κ3) is 4.72. The lowest BCUT2D eigenvalue weighted by atomic mass is 10.3. The van der Waals surface area contributed by atoms with E-state index >= 15 is 0 Å². The van der Waals surface area contributed by atoms with Crippen molar-refractivity contribution in [2.75, 3.05) is 18.6 Å². The molecule has 0 spiro atoms. The molecule has 2 N–H and O–H groups in total. The number of nitrogens with one attached hydrogen (secondary N) is 2. The van der Waals surface area contributed by atoms with Crippen molar-refractivity contribution in [3.05, 3.63) is 0 Å². The molecule has 0 radical (unpaired) electrons. The summed E-state index contributed by atoms with van der Waals surface area (Å²) in [6.45, 7) is 0.822. The summed E-state index contributed by atoms with van der Waals surface area (Å²) in [5.74, 6) is 0.254. The fourth-order valence-electron chi connectivity index (χ4n) is 2.49. The molecule has 0 heterocycles. The van der Waals surface area contributed by atoms with Crippen LogP contribution in [0.25, 0.3) is 0 Å². The van der Waals surface area contributed by atoms with E-state index in [4.69, 9.17) is 0 Å². The highest BCUT2D eigenvalue weighted by atomic mass is 32.2. The van der Waals surface area contributed by atoms with Gasteiger partial charge in [-0.25, -0.2) is 13.1 Å². The lowest BCUT2D eigenvalue weighted by Crippen LogP contribution is -2.40. The predicted octanol–water partition coefficient (Wildman–Crippen LogP) is 1.33. The molecule has 2 atom stereocenters. The smallest absolute Gasteiger partial charge is 0.211 e. The summed E-state index contributed by atoms with van der Waals surface area (Å²) in [6.07, 6.45) is 8.55. The van der Waals surface area contributed by atoms with E-state index in [1.54, 1.807) is 11.8 Å². The number of sulfonamides is 1. The molecule has 0 amide bonds. The van der Waals surface area contributed by atoms with Crippen LogP contribution < -0.4 is 10.0 Å². The molecule has 0 aliphatic heterocycles. The molecule has 0 aromatic rings. The molecule has 6 heteroatoms. The number of hydrogen-bond acceptors (Lipinski definition) is 4. The van der Waals surface area contributed by atoms with Crippen LogP contribution in [0.15, 0.2) is 0 Å². The number of hydrogen-bond donors (Lipinski definition) is 2. The highest BCUT2D eigenvalue weighted by Crippen LogP contribution is 2.28. The molecular formula is C12H24N2O2S2. The van der Waals surface area contributed by atoms with Crippen LogP contribution in [0.1, 0.15) is 38.5 Å². The molecule has 106 valence electrons. The highest BCUT2D eigenvalue weighted by molar-refractivity contribution is 7.99. The summed E-state index contributed by atoms with van der Waals surface area (Å²) in [5, 5.41) is 3.81. The predicted molar refractivity (Wildman–Crippen MR) is 77.5 cm³/mol. The lowest BCUT2D eigenvalue weighted by Gasteiger charge is -2.19. The summed E-state index contributed by atoms with van der Waals surface area (Å²) in [5.41, 5.74) is 0. The Balaban J connectivity index is 1.68. The van der Waals surface area contributed by atoms with Crippen molar-refractivity contribution in [2.24, 2.45) is 0 Å². The summed E-state index contributed by atoms with van der Waals surface area (Å²) in [7, 11) is -3.09. The first-order valence-corrected chi connectivity index (χ1v) is 9.81. The van der Waals surface area contributed by atoms with Crippen LogP contribution in [0.3, 0.4) is 0 Å². The van der Waals surface area contributed by atoms with Gasteiger partial charge in [-0.05, 0) is 44.9 Å². The van der Waals surface area contributed by atoms with Gasteiger partial charge in [0.25, 0.3) is 0 Å². The van der Waals surface area contributed by atoms with Gasteiger partial charge in [-0.1, -0.05) is 6.42 Å². The van der Waals surface area contributed by atoms with Crippen molar-refractivity contribution in [1.82, 2.24) is 10.0 Å². The van der Waals surface area contributed by atoms with Crippen LogP contribution in [0.5, 0.6) is 0 Å². The van der Waals surface area contributed by atoms with Crippen molar-refractivity contribution >= 4 is 21.8 Å². The van der Waals surface area contributed by atoms with Crippen LogP contribution in [0, 0.1) is 0 Å². The zero-order valence-corrected chi connectivity index (χ0v) is 12.7. The van der Waals surface area contributed by atoms with Crippen LogP contribution >= 0.6 is 11.8 Å². The summed E-state index contributed by atoms with van der Waals surface area (Å²) in [6, 6.07) is 0.817. The topological polar surface area (TPSA) is 58.2 Å². The molecule has 0 bridgehead atoms. The Bertz CT molecular complexity index is 355. The highest BCUT2D eigenvalue weighted by Gasteiger charge is 2.29. The first kappa shape index (κ1) is 14.6. The average molecular weight is 292 g/mol. The van der Waals surface area contributed by atoms with Crippen molar-refractivity contribution in [2.45, 2.75) is 55.9 Å². The Kier molecular flexibility index (Phi) is 5.35. The molecule has 4 nitrogen and oxygen atoms in total. The molecule has 2 aliphatic rings. The van der Waals surface area contributed by atoms with Gasteiger partial charge in [-0.2, -0.15) is 11.8 Å². The maximum Gasteiger partial charge on any atom is 0.211 e. The Morgan fingerprint density at radius 3 is 2.67 bits per heavy atom. The fraction of sp³-hybridized carbons (Fsp3) is 1.00. The zero-order valence-electron chi connectivity index (χ0n) is 11.0. The Morgan fingerprint density at radius 2 is 2.00 bits per heavy atom. The minimum atomic E-state index is -3.09. The second kappa shape index (κ2) is 6.59. The Labute approximate surface area is 115 Å². The second-order valence-corrected chi connectivity index (χ2v) is 8.28. The van der Waals surface area contributed by atoms with Crippen molar-refractivity contribution in [1.29, 1.82) is 0 Å². The van der Waals surface area contributed by atoms with Gasteiger partial charge in [0.2, 0.25) is 10.0 Å². The van der Waals surface area contributed by atoms with E-state index < -0.39 is 10.0 Å². The van der Waals surface area contributed by atoms with E-state index in [9.17, 15) is 8.42 Å². The molecule has 2 rings (SSSR count). The van der Waals surface area contributed by atoms with Gasteiger partial charge in [-0.3, -0.25) is 0 Å². The average Bonchev–Trinajstić information content (AvgIpc) is 3.04. The van der Waals surface area contributed by atoms with Crippen molar-refractivity contribution < 1.29 is 8.42 Å². The molecule has 18 heavy (non-hydrogen) atoms. The normalized spacial score (nSPS) is 28.7. The van der Waals surface area contributed by atoms with Gasteiger partial charge in [0.05, 0.1) is 5.75 Å². The Morgan fingerprint density at radius 1 is 1.22 bits per heavy atom. The number of thioether (sulfide) groups is 1. The third-order valence-corrected chi connectivity index (χ3v) is 6.34. The molecule has 0 aromatic heterocycles. The van der Waals surface area contributed by atoms with Crippen molar-refractivity contribution in [3.8, 4) is 0 Å². The van der Waals surface area contributed by atoms with E-state index in [1.807, 2.05) is 0 Å². The first-order valence-electron chi connectivity index (χ1n) is 6.87. The molecular weight excluding hydrogens is 268 g/mol. The maximum atomic E-state index is 12.0. The molecule has 0 aromatic carbocycles. The van der Waals surface area contributed by atoms with Gasteiger partial charge in [-0.15, -0.1) is 0 Å². The summed E-state index contributed by atoms with van der Waals surface area (Å²) < 4.78 is 26.8. The van der Waals surface area contributed by atoms with Gasteiger partial charge in [0.1, 0.15) is 0 Å². The first-order chi connectivity index (χ1) is 8.61. The van der Waals surface area contributed by atoms with Crippen LogP contribution in [-0.4, -0.2) is 44.3 Å². The van der Waals surface area contributed by atoms with Crippen LogP contribution in [0.2, 0.25) is 0 Å². The van der Waals surface area contributed by atoms with Crippen LogP contribution in [0.4, 0.5) is 0 Å². The zero-order chi connectivity index (χ0) is 13.0. The second-order valence-electron chi connectivity index (χ2n) is 5.33. The van der Waals surface area contributed by atoms with E-state index in [0.717, 1.165) is 25.8 Å². The SMILES string of the molecule is CSC1CCCC1NS(=O)(=O)CCCNC1CC1. The van der Waals surface area contributed by atoms with E-state index in [-0.39, 0.29) is 11.8 Å². The van der Waals surface area contributed by atoms with E-state index in [1.165, 1.54) is 12.8 Å². The number of rotatable bonds is 8. The van der Waals surface area contributed by atoms with Gasteiger partial charge >= 0.3 is 0 Å². The minimum Gasteiger partial charge on any atom is -0.314 e. The molecule has 2 unspecified atom stereocenters. The lowest BCUT2D eigenvalue weighted by molar-refractivity contribution is 0.550. The molecule has 0 saturated heterocycles. The van der Waals surface area contributed by atoms with E-state index in [0.29, 0.717) is 17.7 Å². The van der Waals surface area contributed by atoms with Gasteiger partial charge in [0, 0.05) is 17.3 Å². The molecule has 2 aliphatic carbocycles. The van der Waals surface area contributed by atoms with Crippen molar-refractivity contribution in [3.63, 3.8) is 0 Å². The summed E-state index contributed by atoms with van der Waals surface area (Å²) >= 11 is 1.78. The molecule has 2 fully saturated rings. The quantitative estimate of drug-likeness (QED) is 0.663. The van der Waals surface area contributed by atoms with E-state index in [2.05, 4.69) is 16.3 Å². The van der Waals surface area contributed by atoms with Crippen LogP contribution in [-0.2, 0) is 10.0 Å². The van der Waals surface area contributed by atoms with Gasteiger partial charge in [0.15, 0.2) is 0 Å². The Hall–Kier alpha value is 0.220. The minimum absolute atomic E-state index is 0.154. The van der Waals surface area contributed by atoms with Gasteiger partial charge < -0.3 is 5.32 Å². The third-order valence-electron chi connectivity index (χ3n) is 3.69. The standard InChI is InChI=1S/C12H24N2O2S2/c1-17-12-5-2-4-11(12)14-18(15,16)9-3-8-13-10-6-7-10/h10-14H,2-9H2,1H3. The molecule has 2 saturated carbocycles. The fourth-order valence-corrected chi connectivity index (χ4v) is 4.90. The largest absolute Gasteiger partial charge is 0.314 e. The summed E-state index contributed by atoms with van der Waals surface area (Å²) in [4.78, 5) is 0. The maximum absolute atomic E-state index is 12.0. The monoisotopic (exact) mass is 292 g/mol.